The van der Waals surface area contributed by atoms with Crippen LogP contribution in [0.2, 0.25) is 0 Å². The molecule has 1 N–H and O–H groups in total. The van der Waals surface area contributed by atoms with Gasteiger partial charge >= 0.3 is 6.09 Å². The molecule has 3 fully saturated rings. The Kier molecular flexibility index (Phi) is 6.14. The zero-order valence-corrected chi connectivity index (χ0v) is 22.2. The van der Waals surface area contributed by atoms with E-state index in [1.54, 1.807) is 0 Å². The standard InChI is InChI=1S/C28H33N7O2/c1-16-19(12-29)8-7-9-22(16)17(2)31-26-23-11-25(30-13-24(23)18(3)32-33-26)34-14-20-10-21(15-34)35(20)27(36)37-28(4,5)6/h7-9,11,13,17,20-21H,10,14-15H2,1-6H3,(H,31,33)/t17-,20?,21?/m1/s1. The molecule has 5 heterocycles. The molecule has 3 aliphatic rings. The number of carbonyl (C=O) groups excluding carboxylic acids is 1. The van der Waals surface area contributed by atoms with Crippen LogP contribution in [0.25, 0.3) is 10.8 Å². The maximum absolute atomic E-state index is 12.7. The molecule has 1 aromatic carbocycles. The zero-order chi connectivity index (χ0) is 26.5. The summed E-state index contributed by atoms with van der Waals surface area (Å²) in [5.74, 6) is 1.54. The van der Waals surface area contributed by atoms with E-state index in [-0.39, 0.29) is 24.2 Å². The van der Waals surface area contributed by atoms with Gasteiger partial charge in [0.15, 0.2) is 5.82 Å². The Labute approximate surface area is 217 Å². The largest absolute Gasteiger partial charge is 0.444 e. The van der Waals surface area contributed by atoms with Crippen LogP contribution in [0.3, 0.4) is 0 Å². The molecule has 0 aliphatic carbocycles. The van der Waals surface area contributed by atoms with Crippen LogP contribution in [0.15, 0.2) is 30.5 Å². The summed E-state index contributed by atoms with van der Waals surface area (Å²) in [7, 11) is 0. The third-order valence-electron chi connectivity index (χ3n) is 7.27. The second-order valence-electron chi connectivity index (χ2n) is 11.1. The Morgan fingerprint density at radius 2 is 1.92 bits per heavy atom. The Morgan fingerprint density at radius 1 is 1.19 bits per heavy atom. The van der Waals surface area contributed by atoms with Crippen molar-refractivity contribution in [3.63, 3.8) is 0 Å². The van der Waals surface area contributed by atoms with Crippen molar-refractivity contribution in [1.82, 2.24) is 20.1 Å². The third kappa shape index (κ3) is 4.64. The number of anilines is 2. The number of piperazine rings is 1. The molecule has 192 valence electrons. The number of pyridine rings is 1. The maximum atomic E-state index is 12.7. The number of amides is 1. The second-order valence-corrected chi connectivity index (χ2v) is 11.1. The van der Waals surface area contributed by atoms with Crippen LogP contribution in [0.5, 0.6) is 0 Å². The molecule has 0 saturated carbocycles. The minimum atomic E-state index is -0.505. The van der Waals surface area contributed by atoms with Crippen molar-refractivity contribution >= 4 is 28.5 Å². The van der Waals surface area contributed by atoms with Crippen LogP contribution < -0.4 is 10.2 Å². The highest BCUT2D eigenvalue weighted by Crippen LogP contribution is 2.37. The Balaban J connectivity index is 1.39. The topological polar surface area (TPSA) is 107 Å². The average Bonchev–Trinajstić information content (AvgIpc) is 2.84. The van der Waals surface area contributed by atoms with Crippen LogP contribution in [0.4, 0.5) is 16.4 Å². The van der Waals surface area contributed by atoms with E-state index in [1.165, 1.54) is 0 Å². The first-order valence-corrected chi connectivity index (χ1v) is 12.7. The van der Waals surface area contributed by atoms with Gasteiger partial charge < -0.3 is 15.0 Å². The smallest absolute Gasteiger partial charge is 0.410 e. The Hall–Kier alpha value is -3.93. The highest BCUT2D eigenvalue weighted by Gasteiger charge is 2.49. The number of aromatic nitrogens is 3. The summed E-state index contributed by atoms with van der Waals surface area (Å²) in [5.41, 5.74) is 2.98. The van der Waals surface area contributed by atoms with Crippen molar-refractivity contribution in [3.05, 3.63) is 52.8 Å². The van der Waals surface area contributed by atoms with Crippen molar-refractivity contribution in [2.45, 2.75) is 71.7 Å². The maximum Gasteiger partial charge on any atom is 0.410 e. The summed E-state index contributed by atoms with van der Waals surface area (Å²) >= 11 is 0. The van der Waals surface area contributed by atoms with Crippen LogP contribution in [0, 0.1) is 25.2 Å². The molecule has 6 rings (SSSR count). The molecule has 37 heavy (non-hydrogen) atoms. The Morgan fingerprint density at radius 3 is 2.59 bits per heavy atom. The highest BCUT2D eigenvalue weighted by molar-refractivity contribution is 5.94. The molecule has 3 aliphatic heterocycles. The number of hydrogen-bond donors (Lipinski definition) is 1. The van der Waals surface area contributed by atoms with E-state index in [4.69, 9.17) is 9.72 Å². The molecule has 2 bridgehead atoms. The van der Waals surface area contributed by atoms with Crippen molar-refractivity contribution in [2.24, 2.45) is 0 Å². The van der Waals surface area contributed by atoms with Gasteiger partial charge in [0.1, 0.15) is 11.4 Å². The van der Waals surface area contributed by atoms with Gasteiger partial charge in [-0.3, -0.25) is 4.90 Å². The number of aryl methyl sites for hydroxylation is 1. The summed E-state index contributed by atoms with van der Waals surface area (Å²) < 4.78 is 5.61. The van der Waals surface area contributed by atoms with Gasteiger partial charge in [-0.05, 0) is 71.2 Å². The second kappa shape index (κ2) is 9.18. The van der Waals surface area contributed by atoms with Gasteiger partial charge in [-0.25, -0.2) is 9.78 Å². The Bertz CT molecular complexity index is 1400. The average molecular weight is 500 g/mol. The molecular weight excluding hydrogens is 466 g/mol. The first kappa shape index (κ1) is 24.8. The monoisotopic (exact) mass is 499 g/mol. The minimum Gasteiger partial charge on any atom is -0.444 e. The number of fused-ring (bicyclic) bond motifs is 3. The summed E-state index contributed by atoms with van der Waals surface area (Å²) in [6, 6.07) is 10.3. The van der Waals surface area contributed by atoms with Gasteiger partial charge in [-0.2, -0.15) is 10.4 Å². The molecule has 1 amide bonds. The summed E-state index contributed by atoms with van der Waals surface area (Å²) in [6.45, 7) is 13.1. The van der Waals surface area contributed by atoms with Gasteiger partial charge in [0.2, 0.25) is 0 Å². The van der Waals surface area contributed by atoms with E-state index in [9.17, 15) is 10.1 Å². The highest BCUT2D eigenvalue weighted by atomic mass is 16.6. The normalized spacial score (nSPS) is 19.7. The number of hydrogen-bond acceptors (Lipinski definition) is 8. The van der Waals surface area contributed by atoms with Gasteiger partial charge in [0.05, 0.1) is 35.5 Å². The quantitative estimate of drug-likeness (QED) is 0.541. The molecule has 0 spiro atoms. The molecule has 9 heteroatoms. The van der Waals surface area contributed by atoms with Gasteiger partial charge in [0.25, 0.3) is 0 Å². The van der Waals surface area contributed by atoms with Crippen LogP contribution in [0.1, 0.15) is 62.5 Å². The van der Waals surface area contributed by atoms with E-state index in [0.717, 1.165) is 39.8 Å². The predicted octanol–water partition coefficient (Wildman–Crippen LogP) is 4.88. The lowest BCUT2D eigenvalue weighted by molar-refractivity contribution is -0.0380. The fourth-order valence-electron chi connectivity index (χ4n) is 5.38. The molecular formula is C28H33N7O2. The lowest BCUT2D eigenvalue weighted by Gasteiger charge is -2.56. The van der Waals surface area contributed by atoms with Crippen LogP contribution in [-0.2, 0) is 4.74 Å². The number of benzene rings is 1. The fraction of sp³-hybridized carbons (Fsp3) is 0.464. The first-order valence-electron chi connectivity index (χ1n) is 12.7. The number of piperidine rings is 1. The predicted molar refractivity (Wildman–Crippen MR) is 142 cm³/mol. The molecule has 3 saturated heterocycles. The van der Waals surface area contributed by atoms with Crippen molar-refractivity contribution in [1.29, 1.82) is 5.26 Å². The summed E-state index contributed by atoms with van der Waals surface area (Å²) in [6.07, 6.45) is 2.61. The first-order chi connectivity index (χ1) is 17.6. The lowest BCUT2D eigenvalue weighted by Crippen LogP contribution is -2.70. The SMILES string of the molecule is Cc1c(C#N)cccc1[C@@H](C)Nc1nnc(C)c2cnc(N3CC4CC(C3)N4C(=O)OC(C)(C)C)cc12. The van der Waals surface area contributed by atoms with Gasteiger partial charge in [-0.1, -0.05) is 12.1 Å². The number of nitrogens with zero attached hydrogens (tertiary/aromatic N) is 6. The zero-order valence-electron chi connectivity index (χ0n) is 22.2. The van der Waals surface area contributed by atoms with Crippen molar-refractivity contribution in [2.75, 3.05) is 23.3 Å². The van der Waals surface area contributed by atoms with E-state index in [1.807, 2.05) is 63.9 Å². The number of carbonyl (C=O) groups is 1. The molecule has 2 aromatic heterocycles. The van der Waals surface area contributed by atoms with E-state index < -0.39 is 5.60 Å². The van der Waals surface area contributed by atoms with Gasteiger partial charge in [0, 0.05) is 30.1 Å². The summed E-state index contributed by atoms with van der Waals surface area (Å²) in [4.78, 5) is 21.5. The third-order valence-corrected chi connectivity index (χ3v) is 7.27. The van der Waals surface area contributed by atoms with E-state index in [0.29, 0.717) is 24.5 Å². The molecule has 3 atom stereocenters. The number of nitrogens with one attached hydrogen (secondary N) is 1. The molecule has 3 aromatic rings. The fourth-order valence-corrected chi connectivity index (χ4v) is 5.38. The summed E-state index contributed by atoms with van der Waals surface area (Å²) in [5, 5.41) is 23.7. The van der Waals surface area contributed by atoms with Crippen LogP contribution >= 0.6 is 0 Å². The number of nitriles is 1. The molecule has 9 nitrogen and oxygen atoms in total. The van der Waals surface area contributed by atoms with Gasteiger partial charge in [-0.15, -0.1) is 5.10 Å². The van der Waals surface area contributed by atoms with Crippen LogP contribution in [-0.4, -0.2) is 56.9 Å². The molecule has 2 unspecified atom stereocenters. The minimum absolute atomic E-state index is 0.0739. The van der Waals surface area contributed by atoms with E-state index >= 15 is 0 Å². The molecule has 0 radical (unpaired) electrons. The van der Waals surface area contributed by atoms with E-state index in [2.05, 4.69) is 39.5 Å². The number of rotatable bonds is 4. The van der Waals surface area contributed by atoms with Crippen molar-refractivity contribution < 1.29 is 9.53 Å². The lowest BCUT2D eigenvalue weighted by atomic mass is 9.88. The van der Waals surface area contributed by atoms with Crippen molar-refractivity contribution in [3.8, 4) is 6.07 Å². The number of ether oxygens (including phenoxy) is 1.